The highest BCUT2D eigenvalue weighted by molar-refractivity contribution is 6.33. The van der Waals surface area contributed by atoms with Gasteiger partial charge in [0, 0.05) is 17.7 Å². The minimum atomic E-state index is -0.520. The molecule has 0 aliphatic heterocycles. The first kappa shape index (κ1) is 18.6. The van der Waals surface area contributed by atoms with Gasteiger partial charge in [0.2, 0.25) is 0 Å². The van der Waals surface area contributed by atoms with E-state index in [0.29, 0.717) is 33.8 Å². The second-order valence-corrected chi connectivity index (χ2v) is 6.57. The number of nitrogens with zero attached hydrogens (tertiary/aromatic N) is 4. The predicted octanol–water partition coefficient (Wildman–Crippen LogP) is 4.41. The van der Waals surface area contributed by atoms with E-state index in [4.69, 9.17) is 16.0 Å². The molecule has 0 atom stereocenters. The number of para-hydroxylation sites is 1. The van der Waals surface area contributed by atoms with Crippen LogP contribution in [0.25, 0.3) is 22.2 Å². The molecular weight excluding hydrogens is 396 g/mol. The maximum Gasteiger partial charge on any atom is 0.282 e. The largest absolute Gasteiger partial charge is 0.455 e. The fourth-order valence-corrected chi connectivity index (χ4v) is 3.14. The van der Waals surface area contributed by atoms with Gasteiger partial charge in [-0.15, -0.1) is 0 Å². The lowest BCUT2D eigenvalue weighted by atomic mass is 10.1. The summed E-state index contributed by atoms with van der Waals surface area (Å²) < 4.78 is 6.90. The van der Waals surface area contributed by atoms with Gasteiger partial charge in [-0.1, -0.05) is 23.7 Å². The summed E-state index contributed by atoms with van der Waals surface area (Å²) in [6, 6.07) is 14.5. The number of benzene rings is 2. The topological polar surface area (TPSA) is 104 Å². The second-order valence-electron chi connectivity index (χ2n) is 6.16. The molecule has 0 aliphatic rings. The fraction of sp³-hybridized carbons (Fsp3) is 0.0500. The molecule has 29 heavy (non-hydrogen) atoms. The highest BCUT2D eigenvalue weighted by atomic mass is 35.5. The first-order chi connectivity index (χ1) is 13.9. The minimum Gasteiger partial charge on any atom is -0.455 e. The molecule has 0 saturated heterocycles. The monoisotopic (exact) mass is 408 g/mol. The summed E-state index contributed by atoms with van der Waals surface area (Å²) in [5.41, 5.74) is 0.729. The summed E-state index contributed by atoms with van der Waals surface area (Å²) in [5.74, 6) is 1.25. The van der Waals surface area contributed by atoms with Crippen LogP contribution in [0.4, 0.5) is 5.69 Å². The van der Waals surface area contributed by atoms with Gasteiger partial charge < -0.3 is 4.42 Å². The third kappa shape index (κ3) is 3.53. The van der Waals surface area contributed by atoms with Gasteiger partial charge in [0.15, 0.2) is 0 Å². The molecule has 0 fully saturated rings. The van der Waals surface area contributed by atoms with Crippen molar-refractivity contribution < 1.29 is 9.34 Å². The van der Waals surface area contributed by atoms with Crippen LogP contribution < -0.4 is 5.56 Å². The van der Waals surface area contributed by atoms with Crippen molar-refractivity contribution in [3.05, 3.63) is 91.7 Å². The molecule has 0 bridgehead atoms. The molecule has 0 saturated carbocycles. The van der Waals surface area contributed by atoms with Crippen molar-refractivity contribution in [2.75, 3.05) is 0 Å². The lowest BCUT2D eigenvalue weighted by molar-refractivity contribution is -0.384. The van der Waals surface area contributed by atoms with Gasteiger partial charge in [-0.05, 0) is 37.3 Å². The third-order valence-corrected chi connectivity index (χ3v) is 4.58. The van der Waals surface area contributed by atoms with Gasteiger partial charge >= 0.3 is 0 Å². The molecule has 0 spiro atoms. The molecular formula is C20H13ClN4O4. The number of halogens is 1. The van der Waals surface area contributed by atoms with Gasteiger partial charge in [-0.2, -0.15) is 9.78 Å². The Labute approximate surface area is 168 Å². The van der Waals surface area contributed by atoms with Crippen LogP contribution >= 0.6 is 11.6 Å². The summed E-state index contributed by atoms with van der Waals surface area (Å²) in [4.78, 5) is 27.3. The third-order valence-electron chi connectivity index (χ3n) is 4.27. The minimum absolute atomic E-state index is 0.106. The normalized spacial score (nSPS) is 11.4. The average molecular weight is 409 g/mol. The van der Waals surface area contributed by atoms with E-state index in [-0.39, 0.29) is 16.3 Å². The number of rotatable bonds is 4. The van der Waals surface area contributed by atoms with E-state index in [9.17, 15) is 14.9 Å². The first-order valence-corrected chi connectivity index (χ1v) is 8.89. The van der Waals surface area contributed by atoms with Gasteiger partial charge in [-0.3, -0.25) is 14.9 Å². The maximum atomic E-state index is 12.6. The number of aromatic nitrogens is 2. The van der Waals surface area contributed by atoms with Crippen LogP contribution in [0.1, 0.15) is 11.6 Å². The number of fused-ring (bicyclic) bond motifs is 1. The van der Waals surface area contributed by atoms with Crippen molar-refractivity contribution in [2.45, 2.75) is 6.92 Å². The van der Waals surface area contributed by atoms with E-state index in [1.807, 2.05) is 6.07 Å². The molecule has 0 radical (unpaired) electrons. The van der Waals surface area contributed by atoms with E-state index in [1.165, 1.54) is 29.1 Å². The SMILES string of the molecule is Cc1nc2ccccc2c(=O)n1/N=C\c1ccc(-c2ccc([N+](=O)[O-])cc2Cl)o1. The molecule has 0 unspecified atom stereocenters. The maximum absolute atomic E-state index is 12.6. The number of hydrogen-bond acceptors (Lipinski definition) is 6. The molecule has 0 amide bonds. The molecule has 0 aliphatic carbocycles. The average Bonchev–Trinajstić information content (AvgIpc) is 3.16. The highest BCUT2D eigenvalue weighted by Gasteiger charge is 2.13. The Morgan fingerprint density at radius 1 is 1.21 bits per heavy atom. The molecule has 144 valence electrons. The Morgan fingerprint density at radius 3 is 2.76 bits per heavy atom. The number of non-ortho nitro benzene ring substituents is 1. The fourth-order valence-electron chi connectivity index (χ4n) is 2.87. The van der Waals surface area contributed by atoms with Gasteiger partial charge in [0.1, 0.15) is 17.3 Å². The predicted molar refractivity (Wildman–Crippen MR) is 110 cm³/mol. The number of furan rings is 1. The highest BCUT2D eigenvalue weighted by Crippen LogP contribution is 2.32. The van der Waals surface area contributed by atoms with Gasteiger partial charge in [-0.25, -0.2) is 4.98 Å². The van der Waals surface area contributed by atoms with Crippen LogP contribution in [-0.2, 0) is 0 Å². The molecule has 4 aromatic rings. The lowest BCUT2D eigenvalue weighted by Crippen LogP contribution is -2.20. The smallest absolute Gasteiger partial charge is 0.282 e. The summed E-state index contributed by atoms with van der Waals surface area (Å²) in [7, 11) is 0. The van der Waals surface area contributed by atoms with Crippen LogP contribution in [-0.4, -0.2) is 20.8 Å². The van der Waals surface area contributed by atoms with Crippen molar-refractivity contribution >= 4 is 34.4 Å². The number of nitro benzene ring substituents is 1. The quantitative estimate of drug-likeness (QED) is 0.282. The van der Waals surface area contributed by atoms with Crippen LogP contribution in [0.15, 0.2) is 68.9 Å². The number of hydrogen-bond donors (Lipinski definition) is 0. The van der Waals surface area contributed by atoms with Crippen LogP contribution in [0.2, 0.25) is 5.02 Å². The summed E-state index contributed by atoms with van der Waals surface area (Å²) in [6.45, 7) is 1.69. The zero-order valence-electron chi connectivity index (χ0n) is 15.1. The number of aryl methyl sites for hydroxylation is 1. The number of nitro groups is 1. The standard InChI is InChI=1S/C20H13ClN4O4/c1-12-23-18-5-3-2-4-16(18)20(26)24(12)22-11-14-7-9-19(29-14)15-8-6-13(25(27)28)10-17(15)21/h2-11H,1H3/b22-11-. The Hall–Kier alpha value is -3.78. The summed E-state index contributed by atoms with van der Waals surface area (Å²) in [5, 5.41) is 15.7. The molecule has 9 heteroatoms. The molecule has 2 aromatic carbocycles. The van der Waals surface area contributed by atoms with E-state index < -0.39 is 4.92 Å². The zero-order chi connectivity index (χ0) is 20.5. The van der Waals surface area contributed by atoms with Crippen LogP contribution in [0.3, 0.4) is 0 Å². The Bertz CT molecular complexity index is 1340. The Kier molecular flexibility index (Phi) is 4.69. The zero-order valence-corrected chi connectivity index (χ0v) is 15.8. The van der Waals surface area contributed by atoms with Gasteiger partial charge in [0.25, 0.3) is 11.2 Å². The van der Waals surface area contributed by atoms with Crippen molar-refractivity contribution in [1.29, 1.82) is 0 Å². The van der Waals surface area contributed by atoms with Crippen LogP contribution in [0.5, 0.6) is 0 Å². The molecule has 4 rings (SSSR count). The van der Waals surface area contributed by atoms with Gasteiger partial charge in [0.05, 0.1) is 27.1 Å². The van der Waals surface area contributed by atoms with Crippen molar-refractivity contribution in [1.82, 2.24) is 9.66 Å². The Balaban J connectivity index is 1.67. The summed E-state index contributed by atoms with van der Waals surface area (Å²) in [6.07, 6.45) is 1.40. The Morgan fingerprint density at radius 2 is 2.00 bits per heavy atom. The molecule has 8 nitrogen and oxygen atoms in total. The van der Waals surface area contributed by atoms with Crippen molar-refractivity contribution in [2.24, 2.45) is 5.10 Å². The van der Waals surface area contributed by atoms with E-state index >= 15 is 0 Å². The van der Waals surface area contributed by atoms with Crippen LogP contribution in [0, 0.1) is 17.0 Å². The van der Waals surface area contributed by atoms with E-state index in [2.05, 4.69) is 10.1 Å². The lowest BCUT2D eigenvalue weighted by Gasteiger charge is -2.04. The molecule has 2 aromatic heterocycles. The van der Waals surface area contributed by atoms with Crippen molar-refractivity contribution in [3.63, 3.8) is 0 Å². The molecule has 2 heterocycles. The van der Waals surface area contributed by atoms with Crippen molar-refractivity contribution in [3.8, 4) is 11.3 Å². The van der Waals surface area contributed by atoms with E-state index in [1.54, 1.807) is 37.3 Å². The molecule has 0 N–H and O–H groups in total. The van der Waals surface area contributed by atoms with E-state index in [0.717, 1.165) is 0 Å². The second kappa shape index (κ2) is 7.33. The summed E-state index contributed by atoms with van der Waals surface area (Å²) >= 11 is 6.14. The first-order valence-electron chi connectivity index (χ1n) is 8.51.